The molecule has 0 unspecified atom stereocenters. The van der Waals surface area contributed by atoms with Crippen LogP contribution in [0.4, 0.5) is 25.2 Å². The molecule has 0 amide bonds. The molecule has 0 spiro atoms. The second-order valence-corrected chi connectivity index (χ2v) is 18.1. The first kappa shape index (κ1) is 36.7. The number of thioether (sulfide) groups is 1. The molecule has 0 aromatic carbocycles. The third-order valence-corrected chi connectivity index (χ3v) is 9.31. The topological polar surface area (TPSA) is 0 Å². The Kier molecular flexibility index (Phi) is 10.4. The zero-order valence-corrected chi connectivity index (χ0v) is 28.3. The minimum atomic E-state index is -10.7. The summed E-state index contributed by atoms with van der Waals surface area (Å²) in [5.41, 5.74) is 3.20. The summed E-state index contributed by atoms with van der Waals surface area (Å²) >= 11 is 3.89. The van der Waals surface area contributed by atoms with E-state index in [-0.39, 0.29) is 21.7 Å². The molecular formula is C31H45F6PS2. The van der Waals surface area contributed by atoms with E-state index in [0.717, 1.165) is 0 Å². The summed E-state index contributed by atoms with van der Waals surface area (Å²) < 4.78 is 59.2. The van der Waals surface area contributed by atoms with Crippen molar-refractivity contribution >= 4 is 37.0 Å². The molecule has 0 fully saturated rings. The van der Waals surface area contributed by atoms with Gasteiger partial charge in [0.2, 0.25) is 21.1 Å². The molecule has 0 saturated carbocycles. The predicted octanol–water partition coefficient (Wildman–Crippen LogP) is 14.1. The molecular weight excluding hydrogens is 581 g/mol. The van der Waals surface area contributed by atoms with Crippen LogP contribution in [-0.2, 0) is 10.8 Å². The van der Waals surface area contributed by atoms with Crippen LogP contribution in [0.25, 0.3) is 6.08 Å². The van der Waals surface area contributed by atoms with Crippen molar-refractivity contribution in [2.75, 3.05) is 0 Å². The third kappa shape index (κ3) is 15.0. The van der Waals surface area contributed by atoms with Crippen LogP contribution >= 0.6 is 30.9 Å². The fraction of sp³-hybridized carbons (Fsp3) is 0.516. The predicted molar refractivity (Wildman–Crippen MR) is 169 cm³/mol. The third-order valence-electron chi connectivity index (χ3n) is 5.39. The molecule has 2 heterocycles. The van der Waals surface area contributed by atoms with E-state index >= 15 is 0 Å². The Balaban J connectivity index is 0.00000101. The van der Waals surface area contributed by atoms with Gasteiger partial charge in [-0.3, -0.25) is 0 Å². The number of rotatable bonds is 3. The van der Waals surface area contributed by atoms with Gasteiger partial charge in [-0.05, 0) is 50.5 Å². The van der Waals surface area contributed by atoms with Crippen molar-refractivity contribution in [1.82, 2.24) is 0 Å². The van der Waals surface area contributed by atoms with E-state index in [4.69, 9.17) is 0 Å². The molecule has 0 saturated heterocycles. The summed E-state index contributed by atoms with van der Waals surface area (Å²) in [6, 6.07) is 4.58. The summed E-state index contributed by atoms with van der Waals surface area (Å²) in [5, 5.41) is 0. The summed E-state index contributed by atoms with van der Waals surface area (Å²) in [4.78, 5) is 5.74. The minimum absolute atomic E-state index is 0.124. The van der Waals surface area contributed by atoms with Gasteiger partial charge < -0.3 is 0 Å². The van der Waals surface area contributed by atoms with Crippen molar-refractivity contribution in [1.29, 1.82) is 0 Å². The summed E-state index contributed by atoms with van der Waals surface area (Å²) in [5.74, 6) is 0. The molecule has 1 aliphatic heterocycles. The van der Waals surface area contributed by atoms with Crippen molar-refractivity contribution < 1.29 is 25.2 Å². The SMILES string of the molecule is CC(C)(C)C1=CC(=C/C=C/C=C/c2ccc(C(C)(C)C)[s+]c2C(C)(C)C)C=C(C(C)(C)C)S1.F[P-](F)(F)(F)(F)F. The van der Waals surface area contributed by atoms with Crippen molar-refractivity contribution in [3.05, 3.63) is 79.3 Å². The van der Waals surface area contributed by atoms with Crippen LogP contribution in [0.1, 0.15) is 98.4 Å². The zero-order valence-electron chi connectivity index (χ0n) is 25.7. The van der Waals surface area contributed by atoms with Crippen LogP contribution in [-0.4, -0.2) is 0 Å². The van der Waals surface area contributed by atoms with Crippen LogP contribution in [0, 0.1) is 10.8 Å². The second-order valence-electron chi connectivity index (χ2n) is 14.1. The standard InChI is InChI=1S/C31H45S2.F6P/c1-28(2,3)24-19-18-23(27(33-24)31(10,11)12)17-15-13-14-16-22-20-25(29(4,5)6)32-26(21-22)30(7,8)9;1-7(2,3,4,5)6/h13-21H,1-12H3;/q+1;-1/b14-13+,17-15+;. The molecule has 0 aliphatic carbocycles. The van der Waals surface area contributed by atoms with E-state index in [0.29, 0.717) is 0 Å². The Morgan fingerprint density at radius 1 is 0.625 bits per heavy atom. The molecule has 1 aromatic rings. The molecule has 2 rings (SSSR count). The van der Waals surface area contributed by atoms with Crippen molar-refractivity contribution in [2.24, 2.45) is 10.8 Å². The van der Waals surface area contributed by atoms with Gasteiger partial charge in [0.05, 0.1) is 0 Å². The first-order valence-corrected chi connectivity index (χ1v) is 16.7. The zero-order chi connectivity index (χ0) is 31.7. The van der Waals surface area contributed by atoms with Gasteiger partial charge in [0, 0.05) is 22.5 Å². The fourth-order valence-corrected chi connectivity index (χ4v) is 5.77. The first-order valence-electron chi connectivity index (χ1n) is 13.1. The van der Waals surface area contributed by atoms with E-state index in [2.05, 4.69) is 138 Å². The van der Waals surface area contributed by atoms with Crippen molar-refractivity contribution in [3.63, 3.8) is 0 Å². The summed E-state index contributed by atoms with van der Waals surface area (Å²) in [6.07, 6.45) is 15.7. The molecule has 1 aliphatic rings. The van der Waals surface area contributed by atoms with Crippen molar-refractivity contribution in [3.8, 4) is 0 Å². The van der Waals surface area contributed by atoms with Gasteiger partial charge in [0.25, 0.3) is 0 Å². The van der Waals surface area contributed by atoms with Crippen LogP contribution in [0.5, 0.6) is 0 Å². The van der Waals surface area contributed by atoms with Gasteiger partial charge in [-0.15, -0.1) is 0 Å². The van der Waals surface area contributed by atoms with Crippen LogP contribution < -0.4 is 0 Å². The van der Waals surface area contributed by atoms with E-state index in [1.165, 1.54) is 30.7 Å². The maximum atomic E-state index is 9.87. The van der Waals surface area contributed by atoms with Crippen molar-refractivity contribution in [2.45, 2.75) is 93.9 Å². The number of hydrogen-bond donors (Lipinski definition) is 0. The Morgan fingerprint density at radius 2 is 1.07 bits per heavy atom. The molecule has 1 aromatic heterocycles. The van der Waals surface area contributed by atoms with Gasteiger partial charge in [0.15, 0.2) is 0 Å². The van der Waals surface area contributed by atoms with Gasteiger partial charge >= 0.3 is 33.0 Å². The van der Waals surface area contributed by atoms with E-state index < -0.39 is 7.81 Å². The molecule has 228 valence electrons. The maximum absolute atomic E-state index is 10.7. The normalized spacial score (nSPS) is 17.6. The summed E-state index contributed by atoms with van der Waals surface area (Å²) in [7, 11) is -10.7. The van der Waals surface area contributed by atoms with E-state index in [1.807, 2.05) is 23.1 Å². The van der Waals surface area contributed by atoms with Crippen LogP contribution in [0.3, 0.4) is 0 Å². The molecule has 0 bridgehead atoms. The van der Waals surface area contributed by atoms with Crippen LogP contribution in [0.2, 0.25) is 0 Å². The number of hydrogen-bond acceptors (Lipinski definition) is 1. The van der Waals surface area contributed by atoms with Gasteiger partial charge in [0.1, 0.15) is 0 Å². The fourth-order valence-electron chi connectivity index (χ4n) is 3.31. The van der Waals surface area contributed by atoms with Gasteiger partial charge in [-0.2, -0.15) is 0 Å². The molecule has 9 heteroatoms. The summed E-state index contributed by atoms with van der Waals surface area (Å²) in [6.45, 7) is 27.6. The monoisotopic (exact) mass is 626 g/mol. The molecule has 0 radical (unpaired) electrons. The quantitative estimate of drug-likeness (QED) is 0.139. The second kappa shape index (κ2) is 11.4. The average Bonchev–Trinajstić information content (AvgIpc) is 2.68. The first-order chi connectivity index (χ1) is 17.3. The Labute approximate surface area is 245 Å². The molecule has 40 heavy (non-hydrogen) atoms. The van der Waals surface area contributed by atoms with Crippen LogP contribution in [0.15, 0.2) is 64.0 Å². The molecule has 0 atom stereocenters. The Hall–Kier alpha value is -1.37. The number of halogens is 6. The van der Waals surface area contributed by atoms with E-state index in [9.17, 15) is 25.2 Å². The Morgan fingerprint density at radius 3 is 1.45 bits per heavy atom. The number of allylic oxidation sites excluding steroid dienone is 9. The molecule has 0 nitrogen and oxygen atoms in total. The van der Waals surface area contributed by atoms with E-state index in [1.54, 1.807) is 0 Å². The molecule has 0 N–H and O–H groups in total. The van der Waals surface area contributed by atoms with Gasteiger partial charge in [-0.1, -0.05) is 119 Å². The Bertz CT molecular complexity index is 1180. The average molecular weight is 627 g/mol. The van der Waals surface area contributed by atoms with Gasteiger partial charge in [-0.25, -0.2) is 0 Å².